The Morgan fingerprint density at radius 2 is 1.87 bits per heavy atom. The first-order valence-electron chi connectivity index (χ1n) is 12.8. The molecule has 1 saturated carbocycles. The van der Waals surface area contributed by atoms with Crippen LogP contribution in [0.5, 0.6) is 5.75 Å². The molecule has 4 aromatic rings. The van der Waals surface area contributed by atoms with Gasteiger partial charge in [-0.25, -0.2) is 4.39 Å². The number of aromatic nitrogens is 3. The van der Waals surface area contributed by atoms with Crippen molar-refractivity contribution in [3.63, 3.8) is 0 Å². The van der Waals surface area contributed by atoms with Crippen molar-refractivity contribution < 1.29 is 23.8 Å². The third-order valence-corrected chi connectivity index (χ3v) is 7.43. The number of nitrogens with zero attached hydrogens (tertiary/aromatic N) is 3. The predicted octanol–water partition coefficient (Wildman–Crippen LogP) is 5.71. The highest BCUT2D eigenvalue weighted by Gasteiger charge is 2.25. The molecule has 0 unspecified atom stereocenters. The number of amides is 1. The highest BCUT2D eigenvalue weighted by atomic mass is 35.5. The average Bonchev–Trinajstić information content (AvgIpc) is 3.31. The maximum absolute atomic E-state index is 14.1. The van der Waals surface area contributed by atoms with Gasteiger partial charge >= 0.3 is 5.97 Å². The maximum Gasteiger partial charge on any atom is 0.303 e. The smallest absolute Gasteiger partial charge is 0.303 e. The molecular weight excluding hydrogens is 523 g/mol. The summed E-state index contributed by atoms with van der Waals surface area (Å²) in [4.78, 5) is 28.9. The van der Waals surface area contributed by atoms with E-state index in [1.54, 1.807) is 41.3 Å². The lowest BCUT2D eigenvalue weighted by Crippen LogP contribution is -2.38. The van der Waals surface area contributed by atoms with Crippen molar-refractivity contribution in [1.29, 1.82) is 0 Å². The second kappa shape index (κ2) is 11.4. The van der Waals surface area contributed by atoms with Crippen molar-refractivity contribution in [2.24, 2.45) is 5.92 Å². The number of ether oxygens (including phenoxy) is 1. The van der Waals surface area contributed by atoms with Gasteiger partial charge in [0.2, 0.25) is 0 Å². The Bertz CT molecular complexity index is 1510. The number of methoxy groups -OCH3 is 1. The van der Waals surface area contributed by atoms with E-state index in [1.807, 2.05) is 12.1 Å². The molecule has 2 aromatic heterocycles. The quantitative estimate of drug-likeness (QED) is 0.291. The molecule has 0 bridgehead atoms. The number of nitrogens with one attached hydrogen (secondary N) is 1. The van der Waals surface area contributed by atoms with E-state index in [9.17, 15) is 14.0 Å². The number of carbonyl (C=O) groups is 2. The number of benzene rings is 2. The molecule has 2 N–H and O–H groups in total. The minimum atomic E-state index is -0.782. The van der Waals surface area contributed by atoms with Crippen LogP contribution in [0.3, 0.4) is 0 Å². The van der Waals surface area contributed by atoms with Crippen LogP contribution in [0.4, 0.5) is 4.39 Å². The van der Waals surface area contributed by atoms with Crippen LogP contribution in [-0.2, 0) is 11.3 Å². The van der Waals surface area contributed by atoms with Gasteiger partial charge in [0, 0.05) is 34.6 Å². The van der Waals surface area contributed by atoms with Gasteiger partial charge in [-0.3, -0.25) is 19.3 Å². The van der Waals surface area contributed by atoms with Crippen LogP contribution < -0.4 is 10.1 Å². The Morgan fingerprint density at radius 3 is 2.54 bits per heavy atom. The van der Waals surface area contributed by atoms with E-state index >= 15 is 0 Å². The lowest BCUT2D eigenvalue weighted by Gasteiger charge is -2.28. The van der Waals surface area contributed by atoms with Crippen molar-refractivity contribution in [3.05, 3.63) is 77.0 Å². The largest absolute Gasteiger partial charge is 0.494 e. The molecule has 1 amide bonds. The topological polar surface area (TPSA) is 106 Å². The summed E-state index contributed by atoms with van der Waals surface area (Å²) < 4.78 is 20.8. The molecule has 5 rings (SSSR count). The van der Waals surface area contributed by atoms with Gasteiger partial charge in [0.15, 0.2) is 11.6 Å². The zero-order valence-corrected chi connectivity index (χ0v) is 22.1. The van der Waals surface area contributed by atoms with Crippen molar-refractivity contribution in [3.8, 4) is 16.9 Å². The predicted molar refractivity (Wildman–Crippen MR) is 145 cm³/mol. The number of pyridine rings is 1. The first-order valence-corrected chi connectivity index (χ1v) is 13.1. The summed E-state index contributed by atoms with van der Waals surface area (Å²) in [7, 11) is 1.42. The number of rotatable bonds is 8. The molecule has 0 aliphatic heterocycles. The minimum Gasteiger partial charge on any atom is -0.494 e. The van der Waals surface area contributed by atoms with E-state index in [0.717, 1.165) is 42.3 Å². The Kier molecular flexibility index (Phi) is 7.79. The fourth-order valence-corrected chi connectivity index (χ4v) is 5.43. The normalized spacial score (nSPS) is 17.2. The fraction of sp³-hybridized carbons (Fsp3) is 0.310. The Morgan fingerprint density at radius 1 is 1.10 bits per heavy atom. The van der Waals surface area contributed by atoms with Gasteiger partial charge < -0.3 is 15.2 Å². The molecule has 0 saturated heterocycles. The number of carbonyl (C=O) groups excluding carboxylic acids is 1. The Hall–Kier alpha value is -3.98. The van der Waals surface area contributed by atoms with Gasteiger partial charge in [-0.2, -0.15) is 5.10 Å². The molecule has 0 radical (unpaired) electrons. The van der Waals surface area contributed by atoms with Crippen molar-refractivity contribution in [2.45, 2.75) is 44.7 Å². The molecule has 1 aliphatic carbocycles. The number of carboxylic acids is 1. The van der Waals surface area contributed by atoms with Crippen molar-refractivity contribution in [1.82, 2.24) is 20.1 Å². The highest BCUT2D eigenvalue weighted by Crippen LogP contribution is 2.29. The molecule has 0 spiro atoms. The summed E-state index contributed by atoms with van der Waals surface area (Å²) in [5.41, 5.74) is 3.24. The molecule has 2 aromatic carbocycles. The number of hydrogen-bond donors (Lipinski definition) is 2. The summed E-state index contributed by atoms with van der Waals surface area (Å²) >= 11 is 6.33. The summed E-state index contributed by atoms with van der Waals surface area (Å²) in [6, 6.07) is 11.8. The van der Waals surface area contributed by atoms with Crippen LogP contribution in [0.2, 0.25) is 5.02 Å². The number of aliphatic carboxylic acids is 1. The standard InChI is InChI=1S/C29H28ClFN4O4/c1-39-26-9-5-18(12-25(26)31)19-4-8-23(32-14-19)16-35-28-20(15-33-35)11-21(30)13-24(28)29(38)34-22-6-2-17(3-7-22)10-27(36)37/h4-5,8-9,11-15,17,22H,2-3,6-7,10,16H2,1H3,(H,34,38)(H,36,37). The van der Waals surface area contributed by atoms with Crippen molar-refractivity contribution >= 4 is 34.4 Å². The summed E-state index contributed by atoms with van der Waals surface area (Å²) in [6.45, 7) is 0.322. The van der Waals surface area contributed by atoms with Crippen molar-refractivity contribution in [2.75, 3.05) is 7.11 Å². The van der Waals surface area contributed by atoms with Crippen LogP contribution in [0.15, 0.2) is 54.9 Å². The first kappa shape index (κ1) is 26.6. The molecule has 2 heterocycles. The number of halogens is 2. The first-order chi connectivity index (χ1) is 18.8. The summed E-state index contributed by atoms with van der Waals surface area (Å²) in [5, 5.41) is 17.8. The molecule has 1 fully saturated rings. The summed E-state index contributed by atoms with van der Waals surface area (Å²) in [5.74, 6) is -1.14. The van der Waals surface area contributed by atoms with Gasteiger partial charge in [0.1, 0.15) is 0 Å². The summed E-state index contributed by atoms with van der Waals surface area (Å²) in [6.07, 6.45) is 6.52. The molecule has 8 nitrogen and oxygen atoms in total. The Labute approximate surface area is 229 Å². The van der Waals surface area contributed by atoms with E-state index in [4.69, 9.17) is 21.4 Å². The Balaban J connectivity index is 1.33. The maximum atomic E-state index is 14.1. The van der Waals surface area contributed by atoms with Gasteiger partial charge in [-0.05, 0) is 67.5 Å². The molecular formula is C29H28ClFN4O4. The van der Waals surface area contributed by atoms with Crippen LogP contribution in [-0.4, -0.2) is 44.9 Å². The van der Waals surface area contributed by atoms with Crippen LogP contribution in [0.25, 0.3) is 22.0 Å². The van der Waals surface area contributed by atoms with Gasteiger partial charge in [0.05, 0.1) is 36.6 Å². The van der Waals surface area contributed by atoms with Gasteiger partial charge in [-0.1, -0.05) is 23.7 Å². The molecule has 1 aliphatic rings. The van der Waals surface area contributed by atoms with Gasteiger partial charge in [0.25, 0.3) is 5.91 Å². The number of hydrogen-bond acceptors (Lipinski definition) is 5. The molecule has 39 heavy (non-hydrogen) atoms. The third kappa shape index (κ3) is 6.04. The average molecular weight is 551 g/mol. The van der Waals surface area contributed by atoms with E-state index < -0.39 is 11.8 Å². The van der Waals surface area contributed by atoms with E-state index in [-0.39, 0.29) is 30.0 Å². The lowest BCUT2D eigenvalue weighted by atomic mass is 9.84. The van der Waals surface area contributed by atoms with E-state index in [1.165, 1.54) is 13.2 Å². The molecule has 202 valence electrons. The SMILES string of the molecule is COc1ccc(-c2ccc(Cn3ncc4cc(Cl)cc(C(=O)NC5CCC(CC(=O)O)CC5)c43)nc2)cc1F. The van der Waals surface area contributed by atoms with E-state index in [0.29, 0.717) is 28.2 Å². The zero-order chi connectivity index (χ0) is 27.5. The monoisotopic (exact) mass is 550 g/mol. The van der Waals surface area contributed by atoms with Crippen LogP contribution in [0, 0.1) is 11.7 Å². The minimum absolute atomic E-state index is 0.0232. The number of carboxylic acid groups (broad SMARTS) is 1. The second-order valence-electron chi connectivity index (χ2n) is 9.87. The highest BCUT2D eigenvalue weighted by molar-refractivity contribution is 6.32. The fourth-order valence-electron chi connectivity index (χ4n) is 5.20. The lowest BCUT2D eigenvalue weighted by molar-refractivity contribution is -0.138. The second-order valence-corrected chi connectivity index (χ2v) is 10.3. The van der Waals surface area contributed by atoms with Crippen LogP contribution in [0.1, 0.15) is 48.2 Å². The number of fused-ring (bicyclic) bond motifs is 1. The van der Waals surface area contributed by atoms with Gasteiger partial charge in [-0.15, -0.1) is 0 Å². The zero-order valence-electron chi connectivity index (χ0n) is 21.4. The molecule has 0 atom stereocenters. The van der Waals surface area contributed by atoms with Crippen LogP contribution >= 0.6 is 11.6 Å². The third-order valence-electron chi connectivity index (χ3n) is 7.21. The molecule has 10 heteroatoms. The van der Waals surface area contributed by atoms with E-state index in [2.05, 4.69) is 15.4 Å².